The monoisotopic (exact) mass is 222 g/mol. The van der Waals surface area contributed by atoms with E-state index in [0.717, 1.165) is 24.6 Å². The van der Waals surface area contributed by atoms with E-state index in [1.54, 1.807) is 0 Å². The van der Waals surface area contributed by atoms with E-state index in [1.807, 2.05) is 0 Å². The van der Waals surface area contributed by atoms with Crippen molar-refractivity contribution in [2.24, 2.45) is 27.5 Å². The summed E-state index contributed by atoms with van der Waals surface area (Å²) >= 11 is 0. The van der Waals surface area contributed by atoms with Crippen LogP contribution < -0.4 is 5.73 Å². The van der Waals surface area contributed by atoms with Crippen LogP contribution in [0.4, 0.5) is 0 Å². The molecule has 3 unspecified atom stereocenters. The van der Waals surface area contributed by atoms with Crippen molar-refractivity contribution in [2.75, 3.05) is 0 Å². The van der Waals surface area contributed by atoms with Crippen LogP contribution >= 0.6 is 0 Å². The van der Waals surface area contributed by atoms with Crippen molar-refractivity contribution in [1.29, 1.82) is 0 Å². The van der Waals surface area contributed by atoms with Crippen LogP contribution in [-0.2, 0) is 0 Å². The van der Waals surface area contributed by atoms with Gasteiger partial charge in [0.25, 0.3) is 0 Å². The van der Waals surface area contributed by atoms with Crippen LogP contribution in [0.15, 0.2) is 4.99 Å². The van der Waals surface area contributed by atoms with Gasteiger partial charge in [0, 0.05) is 6.42 Å². The van der Waals surface area contributed by atoms with Gasteiger partial charge in [-0.15, -0.1) is 0 Å². The number of amidine groups is 1. The number of aliphatic imine (C=N–C) groups is 1. The van der Waals surface area contributed by atoms with Gasteiger partial charge in [0.05, 0.1) is 11.9 Å². The molecule has 0 aromatic heterocycles. The van der Waals surface area contributed by atoms with E-state index in [4.69, 9.17) is 10.7 Å². The SMILES string of the molecule is CCCC(N)=NC1C2(C)CCC(C2)C1(C)C. The van der Waals surface area contributed by atoms with Gasteiger partial charge < -0.3 is 5.73 Å². The Morgan fingerprint density at radius 3 is 2.56 bits per heavy atom. The van der Waals surface area contributed by atoms with E-state index in [-0.39, 0.29) is 0 Å². The maximum Gasteiger partial charge on any atom is 0.0940 e. The molecule has 92 valence electrons. The number of fused-ring (bicyclic) bond motifs is 2. The summed E-state index contributed by atoms with van der Waals surface area (Å²) in [4.78, 5) is 4.87. The van der Waals surface area contributed by atoms with E-state index in [0.29, 0.717) is 16.9 Å². The van der Waals surface area contributed by atoms with Crippen molar-refractivity contribution in [2.45, 2.75) is 65.8 Å². The summed E-state index contributed by atoms with van der Waals surface area (Å²) in [5.41, 5.74) is 6.80. The van der Waals surface area contributed by atoms with E-state index < -0.39 is 0 Å². The highest BCUT2D eigenvalue weighted by atomic mass is 15.0. The van der Waals surface area contributed by atoms with Gasteiger partial charge >= 0.3 is 0 Å². The molecule has 0 heterocycles. The molecule has 0 spiro atoms. The number of nitrogens with zero attached hydrogens (tertiary/aromatic N) is 1. The second-order valence-electron chi connectivity index (χ2n) is 6.69. The average Bonchev–Trinajstić information content (AvgIpc) is 2.64. The molecule has 3 atom stereocenters. The number of rotatable bonds is 3. The Labute approximate surface area is 99.7 Å². The maximum absolute atomic E-state index is 6.03. The third kappa shape index (κ3) is 1.66. The predicted octanol–water partition coefficient (Wildman–Crippen LogP) is 3.36. The van der Waals surface area contributed by atoms with Crippen molar-refractivity contribution < 1.29 is 0 Å². The van der Waals surface area contributed by atoms with Gasteiger partial charge in [0.1, 0.15) is 0 Å². The Morgan fingerprint density at radius 1 is 1.38 bits per heavy atom. The first-order valence-corrected chi connectivity index (χ1v) is 6.72. The summed E-state index contributed by atoms with van der Waals surface area (Å²) in [5, 5.41) is 0. The predicted molar refractivity (Wildman–Crippen MR) is 69.5 cm³/mol. The summed E-state index contributed by atoms with van der Waals surface area (Å²) in [7, 11) is 0. The van der Waals surface area contributed by atoms with E-state index in [1.165, 1.54) is 19.3 Å². The number of hydrogen-bond acceptors (Lipinski definition) is 1. The van der Waals surface area contributed by atoms with Crippen LogP contribution in [0.25, 0.3) is 0 Å². The van der Waals surface area contributed by atoms with Gasteiger partial charge in [0.2, 0.25) is 0 Å². The minimum atomic E-state index is 0.353. The van der Waals surface area contributed by atoms with Gasteiger partial charge in [-0.3, -0.25) is 4.99 Å². The van der Waals surface area contributed by atoms with Crippen LogP contribution in [0.5, 0.6) is 0 Å². The Bertz CT molecular complexity index is 301. The highest BCUT2D eigenvalue weighted by Gasteiger charge is 2.59. The first-order chi connectivity index (χ1) is 7.40. The van der Waals surface area contributed by atoms with Gasteiger partial charge in [-0.1, -0.05) is 27.7 Å². The first kappa shape index (κ1) is 11.9. The standard InChI is InChI=1S/C14H26N2/c1-5-6-11(15)16-12-13(2,3)10-7-8-14(12,4)9-10/h10,12H,5-9H2,1-4H3,(H2,15,16). The van der Waals surface area contributed by atoms with Crippen LogP contribution in [0, 0.1) is 16.7 Å². The van der Waals surface area contributed by atoms with Crippen molar-refractivity contribution in [3.63, 3.8) is 0 Å². The summed E-state index contributed by atoms with van der Waals surface area (Å²) in [6, 6.07) is 0.449. The molecule has 0 radical (unpaired) electrons. The summed E-state index contributed by atoms with van der Waals surface area (Å²) < 4.78 is 0. The largest absolute Gasteiger partial charge is 0.387 e. The van der Waals surface area contributed by atoms with Gasteiger partial charge in [-0.25, -0.2) is 0 Å². The van der Waals surface area contributed by atoms with Gasteiger partial charge in [0.15, 0.2) is 0 Å². The molecule has 2 N–H and O–H groups in total. The zero-order chi connectivity index (χ0) is 12.0. The van der Waals surface area contributed by atoms with Crippen molar-refractivity contribution in [3.8, 4) is 0 Å². The summed E-state index contributed by atoms with van der Waals surface area (Å²) in [6.45, 7) is 9.34. The third-order valence-electron chi connectivity index (χ3n) is 4.99. The molecule has 0 aromatic rings. The zero-order valence-electron chi connectivity index (χ0n) is 11.2. The molecule has 2 heteroatoms. The molecule has 0 aromatic carbocycles. The second-order valence-corrected chi connectivity index (χ2v) is 6.69. The quantitative estimate of drug-likeness (QED) is 0.577. The lowest BCUT2D eigenvalue weighted by molar-refractivity contribution is 0.142. The minimum Gasteiger partial charge on any atom is -0.387 e. The molecule has 2 aliphatic carbocycles. The Hall–Kier alpha value is -0.530. The lowest BCUT2D eigenvalue weighted by atomic mass is 9.68. The maximum atomic E-state index is 6.03. The number of nitrogens with two attached hydrogens (primary N) is 1. The molecule has 2 saturated carbocycles. The van der Waals surface area contributed by atoms with E-state index in [9.17, 15) is 0 Å². The normalized spacial score (nSPS) is 41.6. The molecule has 2 aliphatic rings. The third-order valence-corrected chi connectivity index (χ3v) is 4.99. The first-order valence-electron chi connectivity index (χ1n) is 6.72. The Morgan fingerprint density at radius 2 is 2.06 bits per heavy atom. The lowest BCUT2D eigenvalue weighted by Crippen LogP contribution is -2.40. The molecule has 2 nitrogen and oxygen atoms in total. The van der Waals surface area contributed by atoms with Crippen LogP contribution in [0.2, 0.25) is 0 Å². The van der Waals surface area contributed by atoms with Gasteiger partial charge in [-0.2, -0.15) is 0 Å². The van der Waals surface area contributed by atoms with E-state index in [2.05, 4.69) is 27.7 Å². The molecule has 0 aliphatic heterocycles. The smallest absolute Gasteiger partial charge is 0.0940 e. The molecule has 0 amide bonds. The van der Waals surface area contributed by atoms with Crippen molar-refractivity contribution >= 4 is 5.84 Å². The van der Waals surface area contributed by atoms with Crippen molar-refractivity contribution in [3.05, 3.63) is 0 Å². The highest BCUT2D eigenvalue weighted by Crippen LogP contribution is 2.63. The topological polar surface area (TPSA) is 38.4 Å². The van der Waals surface area contributed by atoms with Crippen LogP contribution in [-0.4, -0.2) is 11.9 Å². The zero-order valence-corrected chi connectivity index (χ0v) is 11.2. The molecular formula is C14H26N2. The fourth-order valence-electron chi connectivity index (χ4n) is 4.08. The molecule has 2 fully saturated rings. The fourth-order valence-corrected chi connectivity index (χ4v) is 4.08. The molecule has 2 bridgehead atoms. The highest BCUT2D eigenvalue weighted by molar-refractivity contribution is 5.80. The van der Waals surface area contributed by atoms with E-state index >= 15 is 0 Å². The van der Waals surface area contributed by atoms with Crippen LogP contribution in [0.1, 0.15) is 59.8 Å². The molecule has 16 heavy (non-hydrogen) atoms. The molecule has 0 saturated heterocycles. The minimum absolute atomic E-state index is 0.353. The number of hydrogen-bond donors (Lipinski definition) is 1. The molecular weight excluding hydrogens is 196 g/mol. The van der Waals surface area contributed by atoms with Crippen molar-refractivity contribution in [1.82, 2.24) is 0 Å². The Balaban J connectivity index is 2.23. The summed E-state index contributed by atoms with van der Waals surface area (Å²) in [6.07, 6.45) is 6.14. The fraction of sp³-hybridized carbons (Fsp3) is 0.929. The lowest BCUT2D eigenvalue weighted by Gasteiger charge is -2.40. The summed E-state index contributed by atoms with van der Waals surface area (Å²) in [5.74, 6) is 1.73. The van der Waals surface area contributed by atoms with Gasteiger partial charge in [-0.05, 0) is 42.4 Å². The Kier molecular flexibility index (Phi) is 2.80. The molecule has 2 rings (SSSR count). The van der Waals surface area contributed by atoms with Crippen LogP contribution in [0.3, 0.4) is 0 Å². The average molecular weight is 222 g/mol. The second kappa shape index (κ2) is 3.75.